The smallest absolute Gasteiger partial charge is 0.111 e. The molecule has 0 amide bonds. The van der Waals surface area contributed by atoms with Crippen molar-refractivity contribution in [3.63, 3.8) is 0 Å². The first kappa shape index (κ1) is 24.2. The van der Waals surface area contributed by atoms with Crippen LogP contribution < -0.4 is 5.73 Å². The minimum absolute atomic E-state index is 0.180. The number of unbranched alkanes of at least 4 members (excludes halogenated alkanes) is 9. The molecule has 0 fully saturated rings. The van der Waals surface area contributed by atoms with Crippen molar-refractivity contribution >= 4 is 0 Å². The van der Waals surface area contributed by atoms with E-state index in [1.807, 2.05) is 6.08 Å². The van der Waals surface area contributed by atoms with Crippen LogP contribution in [0.3, 0.4) is 0 Å². The number of nitrogens with two attached hydrogens (primary N) is 1. The predicted octanol–water partition coefficient (Wildman–Crippen LogP) is 7.31. The van der Waals surface area contributed by atoms with Crippen LogP contribution in [0.4, 0.5) is 0 Å². The van der Waals surface area contributed by atoms with Crippen molar-refractivity contribution in [2.75, 3.05) is 6.54 Å². The van der Waals surface area contributed by atoms with E-state index >= 15 is 0 Å². The van der Waals surface area contributed by atoms with Gasteiger partial charge in [0.15, 0.2) is 0 Å². The number of hydrogen-bond donors (Lipinski definition) is 2. The molecule has 0 spiro atoms. The van der Waals surface area contributed by atoms with E-state index in [-0.39, 0.29) is 10.8 Å². The molecule has 0 radical (unpaired) electrons. The number of aliphatic hydroxyl groups is 1. The highest BCUT2D eigenvalue weighted by Gasteiger charge is 2.35. The van der Waals surface area contributed by atoms with Gasteiger partial charge in [-0.1, -0.05) is 98.5 Å². The molecule has 1 aliphatic carbocycles. The highest BCUT2D eigenvalue weighted by molar-refractivity contribution is 5.22. The molecule has 0 aromatic heterocycles. The van der Waals surface area contributed by atoms with Gasteiger partial charge >= 0.3 is 0 Å². The van der Waals surface area contributed by atoms with Crippen LogP contribution >= 0.6 is 0 Å². The summed E-state index contributed by atoms with van der Waals surface area (Å²) in [5, 5.41) is 9.18. The summed E-state index contributed by atoms with van der Waals surface area (Å²) in [7, 11) is 0. The lowest BCUT2D eigenvalue weighted by Gasteiger charge is -2.40. The minimum Gasteiger partial charge on any atom is -0.508 e. The summed E-state index contributed by atoms with van der Waals surface area (Å²) < 4.78 is 0. The van der Waals surface area contributed by atoms with E-state index in [1.165, 1.54) is 64.2 Å². The lowest BCUT2D eigenvalue weighted by atomic mass is 9.65. The highest BCUT2D eigenvalue weighted by Crippen LogP contribution is 2.44. The lowest BCUT2D eigenvalue weighted by molar-refractivity contribution is 0.167. The summed E-state index contributed by atoms with van der Waals surface area (Å²) in [4.78, 5) is 0. The monoisotopic (exact) mass is 351 g/mol. The van der Waals surface area contributed by atoms with Crippen LogP contribution in [0, 0.1) is 10.8 Å². The summed E-state index contributed by atoms with van der Waals surface area (Å²) in [6.45, 7) is 12.1. The first-order valence-corrected chi connectivity index (χ1v) is 10.6. The molecule has 0 aromatic carbocycles. The summed E-state index contributed by atoms with van der Waals surface area (Å²) >= 11 is 0. The van der Waals surface area contributed by atoms with E-state index in [9.17, 15) is 5.11 Å². The molecular formula is C23H45NO. The topological polar surface area (TPSA) is 46.2 Å². The van der Waals surface area contributed by atoms with E-state index in [0.717, 1.165) is 13.0 Å². The molecule has 0 aromatic rings. The Kier molecular flexibility index (Phi) is 13.0. The Hall–Kier alpha value is -0.760. The van der Waals surface area contributed by atoms with Gasteiger partial charge < -0.3 is 10.8 Å². The van der Waals surface area contributed by atoms with Crippen LogP contribution in [-0.2, 0) is 0 Å². The van der Waals surface area contributed by atoms with Crippen LogP contribution in [0.5, 0.6) is 0 Å². The van der Waals surface area contributed by atoms with Gasteiger partial charge in [0.2, 0.25) is 0 Å². The number of allylic oxidation sites excluding steroid dienone is 3. The predicted molar refractivity (Wildman–Crippen MR) is 113 cm³/mol. The maximum atomic E-state index is 9.18. The molecule has 0 heterocycles. The van der Waals surface area contributed by atoms with Crippen molar-refractivity contribution < 1.29 is 5.11 Å². The van der Waals surface area contributed by atoms with E-state index < -0.39 is 0 Å². The largest absolute Gasteiger partial charge is 0.508 e. The number of rotatable bonds is 10. The highest BCUT2D eigenvalue weighted by atomic mass is 16.3. The average Bonchev–Trinajstić information content (AvgIpc) is 2.56. The third-order valence-electron chi connectivity index (χ3n) is 5.63. The number of hydrogen-bond acceptors (Lipinski definition) is 2. The molecule has 0 aliphatic heterocycles. The zero-order valence-corrected chi connectivity index (χ0v) is 17.7. The normalized spacial score (nSPS) is 20.0. The molecule has 148 valence electrons. The van der Waals surface area contributed by atoms with E-state index in [2.05, 4.69) is 40.7 Å². The van der Waals surface area contributed by atoms with Gasteiger partial charge in [-0.05, 0) is 42.4 Å². The lowest BCUT2D eigenvalue weighted by Crippen LogP contribution is -2.31. The van der Waals surface area contributed by atoms with Gasteiger partial charge in [-0.25, -0.2) is 0 Å². The van der Waals surface area contributed by atoms with Gasteiger partial charge in [-0.15, -0.1) is 0 Å². The SMILES string of the molecule is CC(C)(C)C1(C)C=CC(O)=CC1.CCCCCCCCCCCCN. The minimum atomic E-state index is 0.180. The summed E-state index contributed by atoms with van der Waals surface area (Å²) in [6, 6.07) is 0. The second-order valence-corrected chi connectivity index (χ2v) is 8.80. The van der Waals surface area contributed by atoms with Gasteiger partial charge in [0.1, 0.15) is 5.76 Å². The Balaban J connectivity index is 0.000000462. The van der Waals surface area contributed by atoms with Crippen molar-refractivity contribution in [3.8, 4) is 0 Å². The van der Waals surface area contributed by atoms with Gasteiger partial charge in [-0.2, -0.15) is 0 Å². The molecule has 1 unspecified atom stereocenters. The van der Waals surface area contributed by atoms with Crippen LogP contribution in [0.1, 0.15) is 105 Å². The fourth-order valence-electron chi connectivity index (χ4n) is 2.91. The maximum absolute atomic E-state index is 9.18. The van der Waals surface area contributed by atoms with Crippen LogP contribution in [0.2, 0.25) is 0 Å². The van der Waals surface area contributed by atoms with E-state index in [1.54, 1.807) is 6.08 Å². The summed E-state index contributed by atoms with van der Waals surface area (Å²) in [5.74, 6) is 0.400. The van der Waals surface area contributed by atoms with Crippen molar-refractivity contribution in [1.82, 2.24) is 0 Å². The molecule has 1 rings (SSSR count). The summed E-state index contributed by atoms with van der Waals surface area (Å²) in [5.41, 5.74) is 5.85. The van der Waals surface area contributed by atoms with Gasteiger partial charge in [0.25, 0.3) is 0 Å². The second-order valence-electron chi connectivity index (χ2n) is 8.80. The Morgan fingerprint density at radius 1 is 0.960 bits per heavy atom. The molecule has 2 heteroatoms. The molecule has 0 saturated carbocycles. The average molecular weight is 352 g/mol. The molecule has 0 saturated heterocycles. The molecule has 25 heavy (non-hydrogen) atoms. The van der Waals surface area contributed by atoms with Crippen molar-refractivity contribution in [2.45, 2.75) is 105 Å². The molecule has 3 N–H and O–H groups in total. The van der Waals surface area contributed by atoms with Crippen molar-refractivity contribution in [2.24, 2.45) is 16.6 Å². The fraction of sp³-hybridized carbons (Fsp3) is 0.826. The zero-order valence-electron chi connectivity index (χ0n) is 17.7. The van der Waals surface area contributed by atoms with Crippen molar-refractivity contribution in [3.05, 3.63) is 24.0 Å². The first-order chi connectivity index (χ1) is 11.8. The standard InChI is InChI=1S/C12H27N.C11H18O/c1-2-3-4-5-6-7-8-9-10-11-12-13;1-10(2,3)11(4)7-5-9(12)6-8-11/h2-13H2,1H3;5-7,12H,8H2,1-4H3. The van der Waals surface area contributed by atoms with E-state index in [4.69, 9.17) is 5.73 Å². The van der Waals surface area contributed by atoms with Crippen LogP contribution in [0.15, 0.2) is 24.0 Å². The Labute approximate surface area is 158 Å². The number of aliphatic hydroxyl groups excluding tert-OH is 1. The zero-order chi connectivity index (χ0) is 19.2. The van der Waals surface area contributed by atoms with Crippen LogP contribution in [-0.4, -0.2) is 11.7 Å². The van der Waals surface area contributed by atoms with Gasteiger partial charge in [0, 0.05) is 0 Å². The molecule has 0 bridgehead atoms. The fourth-order valence-corrected chi connectivity index (χ4v) is 2.91. The second kappa shape index (κ2) is 13.4. The molecule has 2 nitrogen and oxygen atoms in total. The van der Waals surface area contributed by atoms with E-state index in [0.29, 0.717) is 5.76 Å². The first-order valence-electron chi connectivity index (χ1n) is 10.6. The Morgan fingerprint density at radius 3 is 1.80 bits per heavy atom. The Bertz CT molecular complexity index is 368. The quantitative estimate of drug-likeness (QED) is 0.405. The van der Waals surface area contributed by atoms with Crippen LogP contribution in [0.25, 0.3) is 0 Å². The van der Waals surface area contributed by atoms with Gasteiger partial charge in [0.05, 0.1) is 0 Å². The van der Waals surface area contributed by atoms with Gasteiger partial charge in [-0.3, -0.25) is 0 Å². The molecular weight excluding hydrogens is 306 g/mol. The third kappa shape index (κ3) is 11.5. The molecule has 1 aliphatic rings. The third-order valence-corrected chi connectivity index (χ3v) is 5.63. The maximum Gasteiger partial charge on any atom is 0.111 e. The summed E-state index contributed by atoms with van der Waals surface area (Å²) in [6.07, 6.45) is 20.7. The van der Waals surface area contributed by atoms with Crippen molar-refractivity contribution in [1.29, 1.82) is 0 Å². The molecule has 1 atom stereocenters. The Morgan fingerprint density at radius 2 is 1.44 bits per heavy atom.